The van der Waals surface area contributed by atoms with E-state index in [4.69, 9.17) is 4.43 Å². The topological polar surface area (TPSA) is 48.8 Å². The van der Waals surface area contributed by atoms with Crippen molar-refractivity contribution in [3.63, 3.8) is 0 Å². The van der Waals surface area contributed by atoms with E-state index in [0.717, 1.165) is 17.3 Å². The standard InChI is InChI=1S/C30H34N2OSi/c1-29(2,3)34(25-12-8-6-9-13-25,26-14-10-7-11-15-26)33-22-30(4,5)19-24-21-32-28-17-16-23(20-31)18-27(24)28/h6-18,21,32H,19,22H2,1-5H3. The molecule has 0 unspecified atom stereocenters. The summed E-state index contributed by atoms with van der Waals surface area (Å²) in [6, 6.07) is 29.7. The lowest BCUT2D eigenvalue weighted by molar-refractivity contribution is 0.170. The number of nitriles is 1. The Balaban J connectivity index is 1.70. The molecule has 0 aliphatic rings. The van der Waals surface area contributed by atoms with Crippen LogP contribution in [0.4, 0.5) is 0 Å². The predicted molar refractivity (Wildman–Crippen MR) is 144 cm³/mol. The van der Waals surface area contributed by atoms with E-state index in [0.29, 0.717) is 12.2 Å². The maximum atomic E-state index is 9.35. The van der Waals surface area contributed by atoms with Crippen LogP contribution in [0.3, 0.4) is 0 Å². The average molecular weight is 467 g/mol. The Bertz CT molecular complexity index is 1260. The van der Waals surface area contributed by atoms with E-state index >= 15 is 0 Å². The third kappa shape index (κ3) is 4.59. The first-order chi connectivity index (χ1) is 16.2. The molecule has 3 nitrogen and oxygen atoms in total. The molecule has 4 heteroatoms. The van der Waals surface area contributed by atoms with Crippen molar-refractivity contribution in [3.8, 4) is 6.07 Å². The van der Waals surface area contributed by atoms with Gasteiger partial charge in [0.15, 0.2) is 0 Å². The molecule has 0 fully saturated rings. The monoisotopic (exact) mass is 466 g/mol. The van der Waals surface area contributed by atoms with E-state index < -0.39 is 8.32 Å². The molecule has 0 atom stereocenters. The van der Waals surface area contributed by atoms with Crippen LogP contribution in [0.25, 0.3) is 10.9 Å². The number of nitrogens with one attached hydrogen (secondary N) is 1. The van der Waals surface area contributed by atoms with E-state index in [1.807, 2.05) is 18.2 Å². The minimum Gasteiger partial charge on any atom is -0.407 e. The Morgan fingerprint density at radius 2 is 1.44 bits per heavy atom. The van der Waals surface area contributed by atoms with Gasteiger partial charge in [0.25, 0.3) is 8.32 Å². The molecule has 0 aliphatic heterocycles. The van der Waals surface area contributed by atoms with Crippen LogP contribution in [-0.2, 0) is 10.8 Å². The molecule has 34 heavy (non-hydrogen) atoms. The maximum absolute atomic E-state index is 9.35. The molecule has 0 aliphatic carbocycles. The molecule has 4 aromatic rings. The molecule has 0 spiro atoms. The molecular formula is C30H34N2OSi. The molecule has 0 amide bonds. The summed E-state index contributed by atoms with van der Waals surface area (Å²) < 4.78 is 7.21. The number of aromatic amines is 1. The molecule has 0 radical (unpaired) electrons. The van der Waals surface area contributed by atoms with E-state index in [2.05, 4.69) is 113 Å². The minimum atomic E-state index is -2.58. The lowest BCUT2D eigenvalue weighted by Crippen LogP contribution is -2.67. The Morgan fingerprint density at radius 1 is 0.853 bits per heavy atom. The maximum Gasteiger partial charge on any atom is 0.261 e. The SMILES string of the molecule is CC(C)(CO[Si](c1ccccc1)(c1ccccc1)C(C)(C)C)Cc1c[nH]c2ccc(C#N)cc12. The van der Waals surface area contributed by atoms with E-state index in [1.54, 1.807) is 0 Å². The first-order valence-electron chi connectivity index (χ1n) is 11.9. The van der Waals surface area contributed by atoms with Crippen LogP contribution in [-0.4, -0.2) is 19.9 Å². The zero-order valence-electron chi connectivity index (χ0n) is 20.9. The fourth-order valence-corrected chi connectivity index (χ4v) is 9.79. The number of H-pyrrole nitrogens is 1. The summed E-state index contributed by atoms with van der Waals surface area (Å²) in [5, 5.41) is 13.0. The third-order valence-corrected chi connectivity index (χ3v) is 11.6. The van der Waals surface area contributed by atoms with Gasteiger partial charge in [-0.25, -0.2) is 0 Å². The van der Waals surface area contributed by atoms with Crippen molar-refractivity contribution >= 4 is 29.6 Å². The highest BCUT2D eigenvalue weighted by molar-refractivity contribution is 6.99. The largest absolute Gasteiger partial charge is 0.407 e. The van der Waals surface area contributed by atoms with Gasteiger partial charge in [0.2, 0.25) is 0 Å². The van der Waals surface area contributed by atoms with Gasteiger partial charge in [0, 0.05) is 23.7 Å². The van der Waals surface area contributed by atoms with Crippen LogP contribution < -0.4 is 10.4 Å². The van der Waals surface area contributed by atoms with E-state index in [1.165, 1.54) is 15.9 Å². The number of rotatable bonds is 7. The zero-order valence-corrected chi connectivity index (χ0v) is 21.9. The highest BCUT2D eigenvalue weighted by atomic mass is 28.4. The van der Waals surface area contributed by atoms with Crippen molar-refractivity contribution < 1.29 is 4.43 Å². The number of aromatic nitrogens is 1. The molecular weight excluding hydrogens is 432 g/mol. The molecule has 1 heterocycles. The Hall–Kier alpha value is -3.13. The summed E-state index contributed by atoms with van der Waals surface area (Å²) in [5.41, 5.74) is 2.89. The number of fused-ring (bicyclic) bond motifs is 1. The number of hydrogen-bond donors (Lipinski definition) is 1. The predicted octanol–water partition coefficient (Wildman–Crippen LogP) is 6.18. The summed E-state index contributed by atoms with van der Waals surface area (Å²) in [5.74, 6) is 0. The van der Waals surface area contributed by atoms with Gasteiger partial charge < -0.3 is 9.41 Å². The van der Waals surface area contributed by atoms with E-state index in [-0.39, 0.29) is 10.5 Å². The van der Waals surface area contributed by atoms with Crippen molar-refractivity contribution in [1.29, 1.82) is 5.26 Å². The highest BCUT2D eigenvalue weighted by Crippen LogP contribution is 2.38. The minimum absolute atomic E-state index is 0.0474. The van der Waals surface area contributed by atoms with E-state index in [9.17, 15) is 5.26 Å². The summed E-state index contributed by atoms with van der Waals surface area (Å²) >= 11 is 0. The Labute approximate surface area is 204 Å². The second-order valence-corrected chi connectivity index (χ2v) is 15.3. The van der Waals surface area contributed by atoms with Crippen molar-refractivity contribution in [2.24, 2.45) is 5.41 Å². The lowest BCUT2D eigenvalue weighted by atomic mass is 9.86. The summed E-state index contributed by atoms with van der Waals surface area (Å²) in [7, 11) is -2.58. The second kappa shape index (κ2) is 9.25. The number of nitrogens with zero attached hydrogens (tertiary/aromatic N) is 1. The second-order valence-electron chi connectivity index (χ2n) is 11.0. The smallest absolute Gasteiger partial charge is 0.261 e. The fraction of sp³-hybridized carbons (Fsp3) is 0.300. The van der Waals surface area contributed by atoms with Crippen LogP contribution >= 0.6 is 0 Å². The third-order valence-electron chi connectivity index (χ3n) is 6.66. The summed E-state index contributed by atoms with van der Waals surface area (Å²) in [4.78, 5) is 3.37. The number of hydrogen-bond acceptors (Lipinski definition) is 2. The van der Waals surface area contributed by atoms with Crippen LogP contribution in [0.1, 0.15) is 45.7 Å². The highest BCUT2D eigenvalue weighted by Gasteiger charge is 2.50. The van der Waals surface area contributed by atoms with Crippen LogP contribution in [0.15, 0.2) is 85.1 Å². The van der Waals surface area contributed by atoms with Crippen molar-refractivity contribution in [3.05, 3.63) is 96.2 Å². The van der Waals surface area contributed by atoms with Gasteiger partial charge in [-0.1, -0.05) is 95.3 Å². The lowest BCUT2D eigenvalue weighted by Gasteiger charge is -2.44. The van der Waals surface area contributed by atoms with Crippen LogP contribution in [0.2, 0.25) is 5.04 Å². The molecule has 1 aromatic heterocycles. The van der Waals surface area contributed by atoms with Gasteiger partial charge in [0.05, 0.1) is 11.6 Å². The Morgan fingerprint density at radius 3 is 1.97 bits per heavy atom. The van der Waals surface area contributed by atoms with Crippen molar-refractivity contribution in [2.75, 3.05) is 6.61 Å². The van der Waals surface area contributed by atoms with Crippen molar-refractivity contribution in [1.82, 2.24) is 4.98 Å². The van der Waals surface area contributed by atoms with Gasteiger partial charge in [-0.15, -0.1) is 0 Å². The van der Waals surface area contributed by atoms with Crippen molar-refractivity contribution in [2.45, 2.75) is 46.1 Å². The molecule has 1 N–H and O–H groups in total. The van der Waals surface area contributed by atoms with Crippen LogP contribution in [0, 0.1) is 16.7 Å². The molecule has 174 valence electrons. The van der Waals surface area contributed by atoms with Gasteiger partial charge >= 0.3 is 0 Å². The Kier molecular flexibility index (Phi) is 6.53. The molecule has 0 saturated carbocycles. The average Bonchev–Trinajstić information content (AvgIpc) is 3.21. The molecule has 0 bridgehead atoms. The zero-order chi connectivity index (χ0) is 24.4. The normalized spacial score (nSPS) is 12.6. The molecule has 4 rings (SSSR count). The van der Waals surface area contributed by atoms with Crippen LogP contribution in [0.5, 0.6) is 0 Å². The van der Waals surface area contributed by atoms with Gasteiger partial charge in [-0.3, -0.25) is 0 Å². The first kappa shape index (κ1) is 24.0. The van der Waals surface area contributed by atoms with Gasteiger partial charge in [-0.2, -0.15) is 5.26 Å². The van der Waals surface area contributed by atoms with Gasteiger partial charge in [-0.05, 0) is 51.0 Å². The summed E-state index contributed by atoms with van der Waals surface area (Å²) in [6.45, 7) is 12.1. The van der Waals surface area contributed by atoms with Gasteiger partial charge in [0.1, 0.15) is 0 Å². The quantitative estimate of drug-likeness (QED) is 0.330. The molecule has 0 saturated heterocycles. The summed E-state index contributed by atoms with van der Waals surface area (Å²) in [6.07, 6.45) is 2.94. The number of benzene rings is 3. The molecule has 3 aromatic carbocycles. The first-order valence-corrected chi connectivity index (χ1v) is 13.8. The fourth-order valence-electron chi connectivity index (χ4n) is 5.03.